The van der Waals surface area contributed by atoms with E-state index < -0.39 is 23.1 Å². The Hall–Kier alpha value is -1.69. The van der Waals surface area contributed by atoms with Crippen LogP contribution >= 0.6 is 0 Å². The number of hydrogen-bond donors (Lipinski definition) is 2. The van der Waals surface area contributed by atoms with Gasteiger partial charge in [0.15, 0.2) is 5.82 Å². The zero-order chi connectivity index (χ0) is 15.3. The number of hydrogen-bond acceptors (Lipinski definition) is 3. The van der Waals surface area contributed by atoms with Gasteiger partial charge in [0.1, 0.15) is 11.4 Å². The summed E-state index contributed by atoms with van der Waals surface area (Å²) in [4.78, 5) is 11.9. The highest BCUT2D eigenvalue weighted by atomic mass is 19.1. The largest absolute Gasteiger partial charge is 0.396 e. The molecule has 1 aromatic carbocycles. The summed E-state index contributed by atoms with van der Waals surface area (Å²) in [6.45, 7) is 4.68. The first-order chi connectivity index (χ1) is 9.28. The van der Waals surface area contributed by atoms with Crippen molar-refractivity contribution >= 4 is 11.6 Å². The van der Waals surface area contributed by atoms with Gasteiger partial charge in [-0.15, -0.1) is 0 Å². The zero-order valence-corrected chi connectivity index (χ0v) is 11.9. The summed E-state index contributed by atoms with van der Waals surface area (Å²) in [5.41, 5.74) is 4.20. The van der Waals surface area contributed by atoms with Gasteiger partial charge < -0.3 is 15.8 Å². The summed E-state index contributed by atoms with van der Waals surface area (Å²) < 4.78 is 32.2. The Morgan fingerprint density at radius 2 is 2.05 bits per heavy atom. The molecule has 20 heavy (non-hydrogen) atoms. The second-order valence-electron chi connectivity index (χ2n) is 5.42. The third-order valence-corrected chi connectivity index (χ3v) is 3.06. The minimum absolute atomic E-state index is 0.237. The van der Waals surface area contributed by atoms with Crippen molar-refractivity contribution in [3.63, 3.8) is 0 Å². The number of methoxy groups -OCH3 is 1. The fourth-order valence-corrected chi connectivity index (χ4v) is 1.65. The van der Waals surface area contributed by atoms with Crippen LogP contribution in [0.5, 0.6) is 0 Å². The average Bonchev–Trinajstić information content (AvgIpc) is 2.39. The number of carbonyl (C=O) groups is 1. The molecule has 1 rings (SSSR count). The van der Waals surface area contributed by atoms with Crippen LogP contribution in [0.4, 0.5) is 14.5 Å². The molecular formula is C14H20F2N2O2. The van der Waals surface area contributed by atoms with Gasteiger partial charge >= 0.3 is 0 Å². The van der Waals surface area contributed by atoms with Crippen molar-refractivity contribution < 1.29 is 18.3 Å². The highest BCUT2D eigenvalue weighted by molar-refractivity contribution is 5.95. The van der Waals surface area contributed by atoms with Crippen molar-refractivity contribution in [3.05, 3.63) is 29.3 Å². The zero-order valence-electron chi connectivity index (χ0n) is 11.9. The molecule has 6 heteroatoms. The number of halogens is 2. The second-order valence-corrected chi connectivity index (χ2v) is 5.42. The van der Waals surface area contributed by atoms with Crippen molar-refractivity contribution in [2.45, 2.75) is 20.3 Å². The fourth-order valence-electron chi connectivity index (χ4n) is 1.65. The van der Waals surface area contributed by atoms with Crippen molar-refractivity contribution in [1.29, 1.82) is 0 Å². The number of nitrogens with one attached hydrogen (secondary N) is 1. The topological polar surface area (TPSA) is 64.3 Å². The lowest BCUT2D eigenvalue weighted by Gasteiger charge is -2.24. The van der Waals surface area contributed by atoms with E-state index >= 15 is 0 Å². The molecular weight excluding hydrogens is 266 g/mol. The quantitative estimate of drug-likeness (QED) is 0.789. The lowest BCUT2D eigenvalue weighted by atomic mass is 9.89. The molecule has 0 fully saturated rings. The SMILES string of the molecule is COCCC(C)(C)CNC(=O)c1c(F)ccc(N)c1F. The monoisotopic (exact) mass is 286 g/mol. The highest BCUT2D eigenvalue weighted by Gasteiger charge is 2.23. The molecule has 0 radical (unpaired) electrons. The van der Waals surface area contributed by atoms with Gasteiger partial charge in [-0.3, -0.25) is 4.79 Å². The molecule has 3 N–H and O–H groups in total. The summed E-state index contributed by atoms with van der Waals surface area (Å²) in [5, 5.41) is 2.53. The van der Waals surface area contributed by atoms with Crippen molar-refractivity contribution in [2.24, 2.45) is 5.41 Å². The van der Waals surface area contributed by atoms with Crippen LogP contribution in [0.2, 0.25) is 0 Å². The fraction of sp³-hybridized carbons (Fsp3) is 0.500. The third kappa shape index (κ3) is 4.16. The lowest BCUT2D eigenvalue weighted by Crippen LogP contribution is -2.35. The number of anilines is 1. The predicted octanol–water partition coefficient (Wildman–Crippen LogP) is 2.34. The lowest BCUT2D eigenvalue weighted by molar-refractivity contribution is 0.0912. The Morgan fingerprint density at radius 3 is 2.65 bits per heavy atom. The van der Waals surface area contributed by atoms with Crippen LogP contribution in [-0.2, 0) is 4.74 Å². The number of nitrogen functional groups attached to an aromatic ring is 1. The number of amides is 1. The summed E-state index contributed by atoms with van der Waals surface area (Å²) in [6.07, 6.45) is 0.714. The van der Waals surface area contributed by atoms with Crippen molar-refractivity contribution in [3.8, 4) is 0 Å². The molecule has 1 aromatic rings. The van der Waals surface area contributed by atoms with E-state index in [9.17, 15) is 13.6 Å². The molecule has 0 unspecified atom stereocenters. The van der Waals surface area contributed by atoms with Crippen LogP contribution in [-0.4, -0.2) is 26.2 Å². The molecule has 0 atom stereocenters. The number of nitrogens with two attached hydrogens (primary N) is 1. The third-order valence-electron chi connectivity index (χ3n) is 3.06. The number of ether oxygens (including phenoxy) is 1. The minimum Gasteiger partial charge on any atom is -0.396 e. The summed E-state index contributed by atoms with van der Waals surface area (Å²) >= 11 is 0. The molecule has 0 saturated carbocycles. The van der Waals surface area contributed by atoms with E-state index in [-0.39, 0.29) is 17.6 Å². The van der Waals surface area contributed by atoms with E-state index in [1.54, 1.807) is 7.11 Å². The van der Waals surface area contributed by atoms with Gasteiger partial charge in [-0.2, -0.15) is 0 Å². The van der Waals surface area contributed by atoms with Crippen molar-refractivity contribution in [1.82, 2.24) is 5.32 Å². The Balaban J connectivity index is 2.75. The Kier molecular flexibility index (Phi) is 5.44. The van der Waals surface area contributed by atoms with Gasteiger partial charge in [-0.1, -0.05) is 13.8 Å². The first-order valence-electron chi connectivity index (χ1n) is 6.29. The molecule has 4 nitrogen and oxygen atoms in total. The van der Waals surface area contributed by atoms with Crippen LogP contribution in [0.1, 0.15) is 30.6 Å². The summed E-state index contributed by atoms with van der Waals surface area (Å²) in [6, 6.07) is 2.06. The molecule has 0 heterocycles. The smallest absolute Gasteiger partial charge is 0.257 e. The maximum atomic E-state index is 13.7. The standard InChI is InChI=1S/C14H20F2N2O2/c1-14(2,6-7-20-3)8-18-13(19)11-9(15)4-5-10(17)12(11)16/h4-5H,6-8,17H2,1-3H3,(H,18,19). The first-order valence-corrected chi connectivity index (χ1v) is 6.29. The predicted molar refractivity (Wildman–Crippen MR) is 73.4 cm³/mol. The van der Waals surface area contributed by atoms with Crippen molar-refractivity contribution in [2.75, 3.05) is 26.0 Å². The van der Waals surface area contributed by atoms with Crippen LogP contribution in [0.3, 0.4) is 0 Å². The molecule has 0 aromatic heterocycles. The number of rotatable bonds is 6. The summed E-state index contributed by atoms with van der Waals surface area (Å²) in [7, 11) is 1.59. The normalized spacial score (nSPS) is 11.4. The first kappa shape index (κ1) is 16.4. The van der Waals surface area contributed by atoms with E-state index in [1.807, 2.05) is 13.8 Å². The van der Waals surface area contributed by atoms with Crippen LogP contribution in [0, 0.1) is 17.0 Å². The molecule has 1 amide bonds. The Morgan fingerprint density at radius 1 is 1.40 bits per heavy atom. The van der Waals surface area contributed by atoms with Gasteiger partial charge in [0, 0.05) is 20.3 Å². The van der Waals surface area contributed by atoms with Gasteiger partial charge in [-0.05, 0) is 24.0 Å². The highest BCUT2D eigenvalue weighted by Crippen LogP contribution is 2.21. The van der Waals surface area contributed by atoms with Crippen LogP contribution in [0.15, 0.2) is 12.1 Å². The molecule has 112 valence electrons. The molecule has 0 saturated heterocycles. The maximum Gasteiger partial charge on any atom is 0.257 e. The van der Waals surface area contributed by atoms with Gasteiger partial charge in [0.25, 0.3) is 5.91 Å². The van der Waals surface area contributed by atoms with E-state index in [2.05, 4.69) is 5.32 Å². The van der Waals surface area contributed by atoms with E-state index in [1.165, 1.54) is 0 Å². The van der Waals surface area contributed by atoms with E-state index in [0.717, 1.165) is 12.1 Å². The maximum absolute atomic E-state index is 13.7. The minimum atomic E-state index is -1.03. The summed E-state index contributed by atoms with van der Waals surface area (Å²) in [5.74, 6) is -2.76. The van der Waals surface area contributed by atoms with E-state index in [0.29, 0.717) is 13.0 Å². The molecule has 0 aliphatic heterocycles. The molecule has 0 spiro atoms. The number of carbonyl (C=O) groups excluding carboxylic acids is 1. The molecule has 0 aliphatic carbocycles. The average molecular weight is 286 g/mol. The molecule has 0 bridgehead atoms. The second kappa shape index (κ2) is 6.65. The van der Waals surface area contributed by atoms with Gasteiger partial charge in [-0.25, -0.2) is 8.78 Å². The van der Waals surface area contributed by atoms with Gasteiger partial charge in [0.05, 0.1) is 5.69 Å². The Bertz CT molecular complexity index is 490. The number of benzene rings is 1. The van der Waals surface area contributed by atoms with Gasteiger partial charge in [0.2, 0.25) is 0 Å². The molecule has 0 aliphatic rings. The Labute approximate surface area is 117 Å². The van der Waals surface area contributed by atoms with Crippen LogP contribution in [0.25, 0.3) is 0 Å². The van der Waals surface area contributed by atoms with E-state index in [4.69, 9.17) is 10.5 Å². The van der Waals surface area contributed by atoms with Crippen LogP contribution < -0.4 is 11.1 Å².